The quantitative estimate of drug-likeness (QED) is 0.789. The molecule has 1 N–H and O–H groups in total. The van der Waals surface area contributed by atoms with Crippen molar-refractivity contribution in [2.75, 3.05) is 6.61 Å². The smallest absolute Gasteiger partial charge is 0.230 e. The van der Waals surface area contributed by atoms with Crippen LogP contribution in [0.25, 0.3) is 22.6 Å². The molecule has 0 saturated heterocycles. The number of aliphatic hydroxyl groups excluding tert-OH is 1. The van der Waals surface area contributed by atoms with Crippen LogP contribution >= 0.6 is 0 Å². The van der Waals surface area contributed by atoms with E-state index in [0.717, 1.165) is 5.56 Å². The lowest BCUT2D eigenvalue weighted by atomic mass is 10.0. The Hall–Kier alpha value is -2.20. The first-order valence-electron chi connectivity index (χ1n) is 6.45. The summed E-state index contributed by atoms with van der Waals surface area (Å²) in [6, 6.07) is 12.2. The van der Waals surface area contributed by atoms with Crippen LogP contribution in [0.5, 0.6) is 0 Å². The molecular formula is C16H14FNO2. The molecule has 3 rings (SSSR count). The van der Waals surface area contributed by atoms with E-state index in [-0.39, 0.29) is 18.4 Å². The third kappa shape index (κ3) is 2.18. The minimum atomic E-state index is -0.394. The normalized spacial score (nSPS) is 12.8. The molecule has 1 aromatic heterocycles. The van der Waals surface area contributed by atoms with E-state index >= 15 is 0 Å². The van der Waals surface area contributed by atoms with Crippen molar-refractivity contribution in [3.8, 4) is 11.5 Å². The summed E-state index contributed by atoms with van der Waals surface area (Å²) in [5.41, 5.74) is 2.42. The van der Waals surface area contributed by atoms with Crippen molar-refractivity contribution in [2.45, 2.75) is 12.8 Å². The molecule has 4 heteroatoms. The number of benzene rings is 2. The van der Waals surface area contributed by atoms with Gasteiger partial charge in [-0.3, -0.25) is 0 Å². The van der Waals surface area contributed by atoms with Crippen molar-refractivity contribution in [3.05, 3.63) is 53.8 Å². The highest BCUT2D eigenvalue weighted by molar-refractivity contribution is 5.76. The summed E-state index contributed by atoms with van der Waals surface area (Å²) < 4.78 is 19.7. The molecule has 102 valence electrons. The molecule has 1 heterocycles. The zero-order valence-corrected chi connectivity index (χ0v) is 11.0. The first-order chi connectivity index (χ1) is 9.69. The summed E-state index contributed by atoms with van der Waals surface area (Å²) >= 11 is 0. The van der Waals surface area contributed by atoms with Crippen molar-refractivity contribution in [1.29, 1.82) is 0 Å². The Morgan fingerprint density at radius 1 is 1.25 bits per heavy atom. The van der Waals surface area contributed by atoms with E-state index in [1.165, 1.54) is 6.07 Å². The van der Waals surface area contributed by atoms with Gasteiger partial charge in [-0.1, -0.05) is 25.1 Å². The van der Waals surface area contributed by atoms with E-state index in [1.807, 2.05) is 25.1 Å². The highest BCUT2D eigenvalue weighted by atomic mass is 19.1. The van der Waals surface area contributed by atoms with Crippen molar-refractivity contribution in [2.24, 2.45) is 0 Å². The monoisotopic (exact) mass is 271 g/mol. The molecule has 0 aliphatic heterocycles. The maximum Gasteiger partial charge on any atom is 0.230 e. The van der Waals surface area contributed by atoms with Crippen LogP contribution in [-0.4, -0.2) is 16.7 Å². The average Bonchev–Trinajstić information content (AvgIpc) is 2.89. The maximum absolute atomic E-state index is 14.2. The third-order valence-corrected chi connectivity index (χ3v) is 3.36. The average molecular weight is 271 g/mol. The number of aromatic nitrogens is 1. The number of rotatable bonds is 3. The van der Waals surface area contributed by atoms with Crippen LogP contribution in [-0.2, 0) is 0 Å². The SMILES string of the molecule is CC(CO)c1ccc(-c2nc3ccccc3o2)c(F)c1. The fourth-order valence-electron chi connectivity index (χ4n) is 2.10. The molecule has 1 unspecified atom stereocenters. The number of hydrogen-bond donors (Lipinski definition) is 1. The van der Waals surface area contributed by atoms with Gasteiger partial charge in [-0.15, -0.1) is 0 Å². The van der Waals surface area contributed by atoms with Crippen LogP contribution in [0.1, 0.15) is 18.4 Å². The van der Waals surface area contributed by atoms with Gasteiger partial charge in [0.05, 0.1) is 5.56 Å². The van der Waals surface area contributed by atoms with E-state index in [1.54, 1.807) is 18.2 Å². The summed E-state index contributed by atoms with van der Waals surface area (Å²) in [5.74, 6) is -0.219. The second kappa shape index (κ2) is 5.06. The number of aliphatic hydroxyl groups is 1. The lowest BCUT2D eigenvalue weighted by Gasteiger charge is -2.09. The van der Waals surface area contributed by atoms with E-state index < -0.39 is 5.82 Å². The fourth-order valence-corrected chi connectivity index (χ4v) is 2.10. The van der Waals surface area contributed by atoms with Crippen LogP contribution in [0.4, 0.5) is 4.39 Å². The van der Waals surface area contributed by atoms with Crippen molar-refractivity contribution in [1.82, 2.24) is 4.98 Å². The van der Waals surface area contributed by atoms with E-state index in [0.29, 0.717) is 16.7 Å². The van der Waals surface area contributed by atoms with E-state index in [9.17, 15) is 4.39 Å². The van der Waals surface area contributed by atoms with Gasteiger partial charge < -0.3 is 9.52 Å². The second-order valence-electron chi connectivity index (χ2n) is 4.81. The topological polar surface area (TPSA) is 46.3 Å². The van der Waals surface area contributed by atoms with Gasteiger partial charge in [-0.05, 0) is 29.8 Å². The molecule has 3 aromatic rings. The molecular weight excluding hydrogens is 257 g/mol. The number of para-hydroxylation sites is 2. The largest absolute Gasteiger partial charge is 0.436 e. The van der Waals surface area contributed by atoms with Crippen molar-refractivity contribution in [3.63, 3.8) is 0 Å². The summed E-state index contributed by atoms with van der Waals surface area (Å²) in [5, 5.41) is 9.11. The van der Waals surface area contributed by atoms with Gasteiger partial charge in [0, 0.05) is 12.5 Å². The molecule has 0 aliphatic carbocycles. The van der Waals surface area contributed by atoms with Crippen LogP contribution in [0.3, 0.4) is 0 Å². The molecule has 0 bridgehead atoms. The first-order valence-corrected chi connectivity index (χ1v) is 6.45. The summed E-state index contributed by atoms with van der Waals surface area (Å²) in [6.07, 6.45) is 0. The fraction of sp³-hybridized carbons (Fsp3) is 0.188. The molecule has 2 aromatic carbocycles. The predicted octanol–water partition coefficient (Wildman–Crippen LogP) is 3.73. The Bertz CT molecular complexity index is 718. The molecule has 3 nitrogen and oxygen atoms in total. The molecule has 0 amide bonds. The lowest BCUT2D eigenvalue weighted by Crippen LogP contribution is -1.99. The van der Waals surface area contributed by atoms with Gasteiger partial charge in [0.25, 0.3) is 0 Å². The zero-order valence-electron chi connectivity index (χ0n) is 11.0. The Morgan fingerprint density at radius 3 is 2.75 bits per heavy atom. The minimum Gasteiger partial charge on any atom is -0.436 e. The Balaban J connectivity index is 2.05. The third-order valence-electron chi connectivity index (χ3n) is 3.36. The summed E-state index contributed by atoms with van der Waals surface area (Å²) in [7, 11) is 0. The number of hydrogen-bond acceptors (Lipinski definition) is 3. The highest BCUT2D eigenvalue weighted by Gasteiger charge is 2.14. The van der Waals surface area contributed by atoms with Crippen LogP contribution in [0.2, 0.25) is 0 Å². The Morgan fingerprint density at radius 2 is 2.05 bits per heavy atom. The molecule has 0 radical (unpaired) electrons. The van der Waals surface area contributed by atoms with E-state index in [4.69, 9.17) is 9.52 Å². The van der Waals surface area contributed by atoms with Gasteiger partial charge >= 0.3 is 0 Å². The van der Waals surface area contributed by atoms with Gasteiger partial charge in [0.15, 0.2) is 5.58 Å². The predicted molar refractivity (Wildman–Crippen MR) is 74.9 cm³/mol. The standard InChI is InChI=1S/C16H14FNO2/c1-10(9-19)11-6-7-12(13(17)8-11)16-18-14-4-2-3-5-15(14)20-16/h2-8,10,19H,9H2,1H3. The zero-order chi connectivity index (χ0) is 14.1. The first kappa shape index (κ1) is 12.8. The summed E-state index contributed by atoms with van der Waals surface area (Å²) in [6.45, 7) is 1.83. The number of oxazole rings is 1. The highest BCUT2D eigenvalue weighted by Crippen LogP contribution is 2.28. The van der Waals surface area contributed by atoms with E-state index in [2.05, 4.69) is 4.98 Å². The van der Waals surface area contributed by atoms with Crippen LogP contribution < -0.4 is 0 Å². The molecule has 20 heavy (non-hydrogen) atoms. The van der Waals surface area contributed by atoms with Gasteiger partial charge in [0.2, 0.25) is 5.89 Å². The minimum absolute atomic E-state index is 0.0122. The van der Waals surface area contributed by atoms with Gasteiger partial charge in [0.1, 0.15) is 11.3 Å². The van der Waals surface area contributed by atoms with Crippen LogP contribution in [0.15, 0.2) is 46.9 Å². The molecule has 1 atom stereocenters. The Kier molecular flexibility index (Phi) is 3.24. The Labute approximate surface area is 115 Å². The second-order valence-corrected chi connectivity index (χ2v) is 4.81. The van der Waals surface area contributed by atoms with Crippen molar-refractivity contribution < 1.29 is 13.9 Å². The number of nitrogens with zero attached hydrogens (tertiary/aromatic N) is 1. The number of halogens is 1. The molecule has 0 fully saturated rings. The number of fused-ring (bicyclic) bond motifs is 1. The molecule has 0 aliphatic rings. The lowest BCUT2D eigenvalue weighted by molar-refractivity contribution is 0.273. The summed E-state index contributed by atoms with van der Waals surface area (Å²) in [4.78, 5) is 4.28. The van der Waals surface area contributed by atoms with Gasteiger partial charge in [-0.2, -0.15) is 0 Å². The van der Waals surface area contributed by atoms with Crippen LogP contribution in [0, 0.1) is 5.82 Å². The van der Waals surface area contributed by atoms with Crippen molar-refractivity contribution >= 4 is 11.1 Å². The van der Waals surface area contributed by atoms with Gasteiger partial charge in [-0.25, -0.2) is 9.37 Å². The molecule has 0 spiro atoms. The maximum atomic E-state index is 14.2. The molecule has 0 saturated carbocycles.